The van der Waals surface area contributed by atoms with E-state index in [0.717, 1.165) is 19.4 Å². The van der Waals surface area contributed by atoms with E-state index in [4.69, 9.17) is 10.5 Å². The molecule has 1 heterocycles. The first-order valence-corrected chi connectivity index (χ1v) is 5.32. The van der Waals surface area contributed by atoms with Crippen molar-refractivity contribution >= 4 is 18.3 Å². The number of rotatable bonds is 4. The van der Waals surface area contributed by atoms with Crippen LogP contribution in [0.4, 0.5) is 0 Å². The molecule has 5 heteroatoms. The number of hydrogen-bond acceptors (Lipinski definition) is 3. The molecule has 0 saturated carbocycles. The molecule has 1 saturated heterocycles. The third-order valence-electron chi connectivity index (χ3n) is 2.67. The van der Waals surface area contributed by atoms with E-state index < -0.39 is 0 Å². The summed E-state index contributed by atoms with van der Waals surface area (Å²) >= 11 is 0. The van der Waals surface area contributed by atoms with Crippen molar-refractivity contribution in [3.05, 3.63) is 0 Å². The predicted molar refractivity (Wildman–Crippen MR) is 62.1 cm³/mol. The van der Waals surface area contributed by atoms with E-state index >= 15 is 0 Å². The summed E-state index contributed by atoms with van der Waals surface area (Å²) in [5.41, 5.74) is 5.61. The Labute approximate surface area is 97.3 Å². The zero-order chi connectivity index (χ0) is 10.6. The second-order valence-electron chi connectivity index (χ2n) is 3.86. The first-order chi connectivity index (χ1) is 6.65. The van der Waals surface area contributed by atoms with Gasteiger partial charge in [-0.3, -0.25) is 4.79 Å². The molecule has 1 amide bonds. The van der Waals surface area contributed by atoms with Crippen LogP contribution in [0, 0.1) is 0 Å². The lowest BCUT2D eigenvalue weighted by atomic mass is 10.1. The summed E-state index contributed by atoms with van der Waals surface area (Å²) in [5.74, 6) is -0.0736. The minimum absolute atomic E-state index is 0. The molecule has 0 radical (unpaired) electrons. The Kier molecular flexibility index (Phi) is 6.89. The maximum atomic E-state index is 11.4. The predicted octanol–water partition coefficient (Wildman–Crippen LogP) is 0.829. The van der Waals surface area contributed by atoms with Gasteiger partial charge in [-0.2, -0.15) is 0 Å². The second-order valence-corrected chi connectivity index (χ2v) is 3.86. The number of carbonyl (C=O) groups excluding carboxylic acids is 1. The van der Waals surface area contributed by atoms with Crippen LogP contribution in [0.2, 0.25) is 0 Å². The summed E-state index contributed by atoms with van der Waals surface area (Å²) in [6, 6.07) is -0.318. The molecule has 2 unspecified atom stereocenters. The van der Waals surface area contributed by atoms with Crippen LogP contribution in [-0.2, 0) is 9.53 Å². The van der Waals surface area contributed by atoms with Gasteiger partial charge >= 0.3 is 0 Å². The zero-order valence-corrected chi connectivity index (χ0v) is 10.2. The molecule has 0 aromatic rings. The van der Waals surface area contributed by atoms with Crippen LogP contribution in [0.25, 0.3) is 0 Å². The molecule has 15 heavy (non-hydrogen) atoms. The van der Waals surface area contributed by atoms with Gasteiger partial charge in [-0.1, -0.05) is 6.92 Å². The number of ether oxygens (including phenoxy) is 1. The molecular formula is C10H21ClN2O2. The Morgan fingerprint density at radius 1 is 1.67 bits per heavy atom. The molecule has 0 aromatic carbocycles. The highest BCUT2D eigenvalue weighted by molar-refractivity contribution is 5.85. The highest BCUT2D eigenvalue weighted by Gasteiger charge is 2.24. The SMILES string of the molecule is CC[C@H](N)C(=O)NC(C)C1CCCO1.Cl. The van der Waals surface area contributed by atoms with Gasteiger partial charge in [0.15, 0.2) is 0 Å². The summed E-state index contributed by atoms with van der Waals surface area (Å²) < 4.78 is 5.47. The molecular weight excluding hydrogens is 216 g/mol. The van der Waals surface area contributed by atoms with Crippen LogP contribution in [0.15, 0.2) is 0 Å². The van der Waals surface area contributed by atoms with Crippen molar-refractivity contribution in [1.82, 2.24) is 5.32 Å². The van der Waals surface area contributed by atoms with E-state index in [1.807, 2.05) is 13.8 Å². The Bertz CT molecular complexity index is 196. The summed E-state index contributed by atoms with van der Waals surface area (Å²) in [7, 11) is 0. The number of amides is 1. The number of halogens is 1. The Hall–Kier alpha value is -0.320. The second kappa shape index (κ2) is 7.04. The van der Waals surface area contributed by atoms with E-state index in [2.05, 4.69) is 5.32 Å². The first kappa shape index (κ1) is 14.7. The smallest absolute Gasteiger partial charge is 0.237 e. The van der Waals surface area contributed by atoms with E-state index in [1.54, 1.807) is 0 Å². The highest BCUT2D eigenvalue weighted by atomic mass is 35.5. The van der Waals surface area contributed by atoms with Gasteiger partial charge in [0.05, 0.1) is 18.2 Å². The Morgan fingerprint density at radius 2 is 2.33 bits per heavy atom. The van der Waals surface area contributed by atoms with Crippen molar-refractivity contribution in [1.29, 1.82) is 0 Å². The van der Waals surface area contributed by atoms with Gasteiger partial charge in [0, 0.05) is 6.61 Å². The molecule has 0 aromatic heterocycles. The molecule has 1 fully saturated rings. The molecule has 1 rings (SSSR count). The van der Waals surface area contributed by atoms with Crippen LogP contribution >= 0.6 is 12.4 Å². The average Bonchev–Trinajstić information content (AvgIpc) is 2.69. The van der Waals surface area contributed by atoms with E-state index in [9.17, 15) is 4.79 Å². The first-order valence-electron chi connectivity index (χ1n) is 5.32. The molecule has 3 atom stereocenters. The largest absolute Gasteiger partial charge is 0.376 e. The monoisotopic (exact) mass is 236 g/mol. The van der Waals surface area contributed by atoms with Crippen LogP contribution < -0.4 is 11.1 Å². The average molecular weight is 237 g/mol. The van der Waals surface area contributed by atoms with E-state index in [1.165, 1.54) is 0 Å². The van der Waals surface area contributed by atoms with E-state index in [0.29, 0.717) is 6.42 Å². The third kappa shape index (κ3) is 4.36. The minimum atomic E-state index is -0.390. The molecule has 0 bridgehead atoms. The topological polar surface area (TPSA) is 64.4 Å². The Balaban J connectivity index is 0.00000196. The minimum Gasteiger partial charge on any atom is -0.376 e. The van der Waals surface area contributed by atoms with Gasteiger partial charge in [0.25, 0.3) is 0 Å². The number of nitrogens with two attached hydrogens (primary N) is 1. The van der Waals surface area contributed by atoms with Crippen LogP contribution in [0.1, 0.15) is 33.1 Å². The number of nitrogens with one attached hydrogen (secondary N) is 1. The third-order valence-corrected chi connectivity index (χ3v) is 2.67. The van der Waals surface area contributed by atoms with Crippen molar-refractivity contribution in [2.45, 2.75) is 51.3 Å². The normalized spacial score (nSPS) is 24.1. The number of carbonyl (C=O) groups is 1. The fraction of sp³-hybridized carbons (Fsp3) is 0.900. The fourth-order valence-corrected chi connectivity index (χ4v) is 1.61. The zero-order valence-electron chi connectivity index (χ0n) is 9.36. The summed E-state index contributed by atoms with van der Waals surface area (Å²) in [4.78, 5) is 11.4. The van der Waals surface area contributed by atoms with E-state index in [-0.39, 0.29) is 36.5 Å². The summed E-state index contributed by atoms with van der Waals surface area (Å²) in [6.45, 7) is 4.68. The van der Waals surface area contributed by atoms with Gasteiger partial charge in [-0.05, 0) is 26.2 Å². The van der Waals surface area contributed by atoms with Crippen molar-refractivity contribution in [3.8, 4) is 0 Å². The molecule has 1 aliphatic heterocycles. The van der Waals surface area contributed by atoms with Gasteiger partial charge < -0.3 is 15.8 Å². The van der Waals surface area contributed by atoms with Gasteiger partial charge in [0.2, 0.25) is 5.91 Å². The Morgan fingerprint density at radius 3 is 2.80 bits per heavy atom. The summed E-state index contributed by atoms with van der Waals surface area (Å²) in [6.07, 6.45) is 2.96. The fourth-order valence-electron chi connectivity index (χ4n) is 1.61. The van der Waals surface area contributed by atoms with Crippen molar-refractivity contribution in [2.24, 2.45) is 5.73 Å². The van der Waals surface area contributed by atoms with Gasteiger partial charge in [-0.15, -0.1) is 12.4 Å². The maximum absolute atomic E-state index is 11.4. The van der Waals surface area contributed by atoms with Crippen molar-refractivity contribution in [2.75, 3.05) is 6.61 Å². The standard InChI is InChI=1S/C10H20N2O2.ClH/c1-3-8(11)10(13)12-7(2)9-5-4-6-14-9;/h7-9H,3-6,11H2,1-2H3,(H,12,13);1H/t7?,8-,9?;/m0./s1. The van der Waals surface area contributed by atoms with Crippen molar-refractivity contribution in [3.63, 3.8) is 0 Å². The van der Waals surface area contributed by atoms with Gasteiger partial charge in [-0.25, -0.2) is 0 Å². The van der Waals surface area contributed by atoms with Crippen LogP contribution in [0.5, 0.6) is 0 Å². The highest BCUT2D eigenvalue weighted by Crippen LogP contribution is 2.15. The molecule has 3 N–H and O–H groups in total. The lowest BCUT2D eigenvalue weighted by molar-refractivity contribution is -0.123. The number of hydrogen-bond donors (Lipinski definition) is 2. The van der Waals surface area contributed by atoms with Gasteiger partial charge in [0.1, 0.15) is 0 Å². The lowest BCUT2D eigenvalue weighted by Crippen LogP contribution is -2.48. The molecule has 4 nitrogen and oxygen atoms in total. The van der Waals surface area contributed by atoms with Crippen LogP contribution in [0.3, 0.4) is 0 Å². The lowest BCUT2D eigenvalue weighted by Gasteiger charge is -2.21. The van der Waals surface area contributed by atoms with Crippen molar-refractivity contribution < 1.29 is 9.53 Å². The maximum Gasteiger partial charge on any atom is 0.237 e. The molecule has 90 valence electrons. The summed E-state index contributed by atoms with van der Waals surface area (Å²) in [5, 5.41) is 2.88. The molecule has 0 aliphatic carbocycles. The molecule has 0 spiro atoms. The molecule has 1 aliphatic rings. The van der Waals surface area contributed by atoms with Crippen LogP contribution in [-0.4, -0.2) is 30.7 Å². The quantitative estimate of drug-likeness (QED) is 0.760.